The minimum Gasteiger partial charge on any atom is -0.350 e. The highest BCUT2D eigenvalue weighted by atomic mass is 19.1. The van der Waals surface area contributed by atoms with Crippen LogP contribution in [0.4, 0.5) is 24.5 Å². The van der Waals surface area contributed by atoms with Gasteiger partial charge in [-0.25, -0.2) is 13.2 Å². The van der Waals surface area contributed by atoms with Gasteiger partial charge < -0.3 is 5.32 Å². The first-order valence-electron chi connectivity index (χ1n) is 5.03. The summed E-state index contributed by atoms with van der Waals surface area (Å²) in [7, 11) is 0. The van der Waals surface area contributed by atoms with Crippen molar-refractivity contribution in [3.63, 3.8) is 0 Å². The monoisotopic (exact) mass is 248 g/mol. The van der Waals surface area contributed by atoms with E-state index in [4.69, 9.17) is 5.26 Å². The molecule has 0 spiro atoms. The molecular weight excluding hydrogens is 241 g/mol. The molecule has 0 aliphatic carbocycles. The van der Waals surface area contributed by atoms with Crippen LogP contribution in [0.5, 0.6) is 0 Å². The fourth-order valence-corrected chi connectivity index (χ4v) is 1.49. The van der Waals surface area contributed by atoms with Crippen molar-refractivity contribution in [3.8, 4) is 6.07 Å². The molecule has 2 aromatic rings. The third-order valence-electron chi connectivity index (χ3n) is 2.35. The normalized spacial score (nSPS) is 9.89. The molecule has 2 aromatic carbocycles. The van der Waals surface area contributed by atoms with Crippen LogP contribution in [0.25, 0.3) is 0 Å². The lowest BCUT2D eigenvalue weighted by molar-refractivity contribution is 0.590. The third kappa shape index (κ3) is 2.13. The number of benzene rings is 2. The fraction of sp³-hybridized carbons (Fsp3) is 0. The Balaban J connectivity index is 2.48. The molecule has 0 unspecified atom stereocenters. The highest BCUT2D eigenvalue weighted by Gasteiger charge is 2.12. The summed E-state index contributed by atoms with van der Waals surface area (Å²) in [5.74, 6) is -2.38. The van der Waals surface area contributed by atoms with Crippen molar-refractivity contribution in [2.45, 2.75) is 0 Å². The lowest BCUT2D eigenvalue weighted by Crippen LogP contribution is -2.00. The van der Waals surface area contributed by atoms with E-state index in [-0.39, 0.29) is 11.3 Å². The molecule has 0 fully saturated rings. The van der Waals surface area contributed by atoms with Crippen molar-refractivity contribution >= 4 is 11.4 Å². The molecule has 0 bridgehead atoms. The first kappa shape index (κ1) is 12.0. The van der Waals surface area contributed by atoms with Crippen molar-refractivity contribution in [2.75, 3.05) is 5.32 Å². The van der Waals surface area contributed by atoms with Gasteiger partial charge in [0.05, 0.1) is 5.69 Å². The number of nitrogens with one attached hydrogen (secondary N) is 1. The first-order chi connectivity index (χ1) is 8.63. The topological polar surface area (TPSA) is 35.8 Å². The molecule has 0 amide bonds. The fourth-order valence-electron chi connectivity index (χ4n) is 1.49. The molecule has 0 radical (unpaired) electrons. The Bertz CT molecular complexity index is 612. The van der Waals surface area contributed by atoms with Crippen LogP contribution in [-0.4, -0.2) is 0 Å². The minimum atomic E-state index is -0.817. The van der Waals surface area contributed by atoms with Crippen molar-refractivity contribution in [3.05, 3.63) is 59.4 Å². The standard InChI is InChI=1S/C13H7F3N2/c14-9-3-2-6-12(8(9)7-17)18-13-10(15)4-1-5-11(13)16/h1-6,18H. The van der Waals surface area contributed by atoms with Gasteiger partial charge in [0.1, 0.15) is 34.8 Å². The van der Waals surface area contributed by atoms with Gasteiger partial charge in [0, 0.05) is 0 Å². The quantitative estimate of drug-likeness (QED) is 0.879. The molecule has 1 N–H and O–H groups in total. The van der Waals surface area contributed by atoms with Gasteiger partial charge in [-0.2, -0.15) is 5.26 Å². The number of hydrogen-bond acceptors (Lipinski definition) is 2. The van der Waals surface area contributed by atoms with Gasteiger partial charge in [0.2, 0.25) is 0 Å². The van der Waals surface area contributed by atoms with E-state index in [0.717, 1.165) is 18.2 Å². The average Bonchev–Trinajstić information content (AvgIpc) is 2.34. The molecule has 90 valence electrons. The van der Waals surface area contributed by atoms with Crippen LogP contribution in [0.1, 0.15) is 5.56 Å². The number of rotatable bonds is 2. The van der Waals surface area contributed by atoms with E-state index in [1.165, 1.54) is 18.2 Å². The van der Waals surface area contributed by atoms with E-state index in [0.29, 0.717) is 0 Å². The van der Waals surface area contributed by atoms with Crippen LogP contribution in [0.2, 0.25) is 0 Å². The highest BCUT2D eigenvalue weighted by Crippen LogP contribution is 2.26. The molecule has 0 heterocycles. The predicted molar refractivity (Wildman–Crippen MR) is 60.8 cm³/mol. The maximum absolute atomic E-state index is 13.4. The molecule has 0 saturated carbocycles. The van der Waals surface area contributed by atoms with Crippen LogP contribution in [-0.2, 0) is 0 Å². The van der Waals surface area contributed by atoms with Gasteiger partial charge in [-0.1, -0.05) is 12.1 Å². The Hall–Kier alpha value is -2.48. The summed E-state index contributed by atoms with van der Waals surface area (Å²) in [6, 6.07) is 8.80. The van der Waals surface area contributed by atoms with Gasteiger partial charge in [-0.3, -0.25) is 0 Å². The Kier molecular flexibility index (Phi) is 3.20. The average molecular weight is 248 g/mol. The van der Waals surface area contributed by atoms with Crippen LogP contribution < -0.4 is 5.32 Å². The number of anilines is 2. The third-order valence-corrected chi connectivity index (χ3v) is 2.35. The van der Waals surface area contributed by atoms with Crippen molar-refractivity contribution < 1.29 is 13.2 Å². The van der Waals surface area contributed by atoms with Gasteiger partial charge in [0.15, 0.2) is 0 Å². The van der Waals surface area contributed by atoms with Crippen molar-refractivity contribution in [2.24, 2.45) is 0 Å². The summed E-state index contributed by atoms with van der Waals surface area (Å²) < 4.78 is 40.1. The second kappa shape index (κ2) is 4.80. The van der Waals surface area contributed by atoms with Crippen LogP contribution in [0, 0.1) is 28.8 Å². The van der Waals surface area contributed by atoms with E-state index in [1.807, 2.05) is 0 Å². The lowest BCUT2D eigenvalue weighted by atomic mass is 10.1. The molecule has 0 aromatic heterocycles. The van der Waals surface area contributed by atoms with Gasteiger partial charge >= 0.3 is 0 Å². The second-order valence-electron chi connectivity index (χ2n) is 3.50. The van der Waals surface area contributed by atoms with Crippen LogP contribution >= 0.6 is 0 Å². The van der Waals surface area contributed by atoms with E-state index >= 15 is 0 Å². The number of hydrogen-bond donors (Lipinski definition) is 1. The molecule has 2 rings (SSSR count). The molecule has 2 nitrogen and oxygen atoms in total. The van der Waals surface area contributed by atoms with Crippen molar-refractivity contribution in [1.82, 2.24) is 0 Å². The summed E-state index contributed by atoms with van der Waals surface area (Å²) in [6.45, 7) is 0. The predicted octanol–water partition coefficient (Wildman–Crippen LogP) is 3.72. The van der Waals surface area contributed by atoms with Crippen LogP contribution in [0.15, 0.2) is 36.4 Å². The summed E-state index contributed by atoms with van der Waals surface area (Å²) in [5.41, 5.74) is -0.693. The first-order valence-corrected chi connectivity index (χ1v) is 5.03. The molecule has 5 heteroatoms. The SMILES string of the molecule is N#Cc1c(F)cccc1Nc1c(F)cccc1F. The molecular formula is C13H7F3N2. The lowest BCUT2D eigenvalue weighted by Gasteiger charge is -2.10. The molecule has 18 heavy (non-hydrogen) atoms. The zero-order chi connectivity index (χ0) is 13.1. The number of nitriles is 1. The molecule has 0 saturated heterocycles. The molecule has 0 atom stereocenters. The zero-order valence-corrected chi connectivity index (χ0v) is 9.05. The molecule has 0 aliphatic rings. The van der Waals surface area contributed by atoms with E-state index in [2.05, 4.69) is 5.32 Å². The number of nitrogens with zero attached hydrogens (tertiary/aromatic N) is 1. The largest absolute Gasteiger partial charge is 0.350 e. The summed E-state index contributed by atoms with van der Waals surface area (Å²) in [4.78, 5) is 0. The summed E-state index contributed by atoms with van der Waals surface area (Å²) in [6.07, 6.45) is 0. The Labute approximate surface area is 101 Å². The maximum Gasteiger partial charge on any atom is 0.149 e. The smallest absolute Gasteiger partial charge is 0.149 e. The zero-order valence-electron chi connectivity index (χ0n) is 9.05. The number of para-hydroxylation sites is 1. The van der Waals surface area contributed by atoms with Crippen molar-refractivity contribution in [1.29, 1.82) is 5.26 Å². The second-order valence-corrected chi connectivity index (χ2v) is 3.50. The highest BCUT2D eigenvalue weighted by molar-refractivity contribution is 5.67. The van der Waals surface area contributed by atoms with Gasteiger partial charge in [0.25, 0.3) is 0 Å². The van der Waals surface area contributed by atoms with Gasteiger partial charge in [-0.05, 0) is 24.3 Å². The number of halogens is 3. The maximum atomic E-state index is 13.4. The van der Waals surface area contributed by atoms with Gasteiger partial charge in [-0.15, -0.1) is 0 Å². The van der Waals surface area contributed by atoms with Crippen LogP contribution in [0.3, 0.4) is 0 Å². The Morgan fingerprint density at radius 2 is 1.44 bits per heavy atom. The molecule has 0 aliphatic heterocycles. The van der Waals surface area contributed by atoms with E-state index in [9.17, 15) is 13.2 Å². The summed E-state index contributed by atoms with van der Waals surface area (Å²) >= 11 is 0. The minimum absolute atomic E-state index is 0.0153. The Morgan fingerprint density at radius 1 is 0.889 bits per heavy atom. The van der Waals surface area contributed by atoms with E-state index < -0.39 is 23.1 Å². The summed E-state index contributed by atoms with van der Waals surface area (Å²) in [5, 5.41) is 11.2. The Morgan fingerprint density at radius 3 is 2.06 bits per heavy atom. The van der Waals surface area contributed by atoms with E-state index in [1.54, 1.807) is 6.07 Å².